The van der Waals surface area contributed by atoms with Crippen LogP contribution in [0.5, 0.6) is 0 Å². The highest BCUT2D eigenvalue weighted by Crippen LogP contribution is 2.32. The predicted octanol–water partition coefficient (Wildman–Crippen LogP) is 4.31. The Labute approximate surface area is 203 Å². The first kappa shape index (κ1) is 22.6. The Morgan fingerprint density at radius 3 is 2.82 bits per heavy atom. The maximum absolute atomic E-state index is 13.6. The molecule has 8 heteroatoms. The molecule has 6 rings (SSSR count). The highest BCUT2D eigenvalue weighted by Gasteiger charge is 2.28. The molecule has 0 bridgehead atoms. The van der Waals surface area contributed by atoms with E-state index >= 15 is 0 Å². The molecular formula is C26H27ClN4O3. The molecule has 0 saturated carbocycles. The molecule has 176 valence electrons. The van der Waals surface area contributed by atoms with E-state index in [1.54, 1.807) is 6.20 Å². The number of H-pyrrole nitrogens is 1. The zero-order valence-corrected chi connectivity index (χ0v) is 20.1. The van der Waals surface area contributed by atoms with Crippen LogP contribution in [0, 0.1) is 13.8 Å². The van der Waals surface area contributed by atoms with Crippen LogP contribution < -0.4 is 10.5 Å². The van der Waals surface area contributed by atoms with Gasteiger partial charge in [0.15, 0.2) is 0 Å². The van der Waals surface area contributed by atoms with Gasteiger partial charge in [0.1, 0.15) is 11.3 Å². The summed E-state index contributed by atoms with van der Waals surface area (Å²) in [6.07, 6.45) is 4.46. The smallest absolute Gasteiger partial charge is 0.274 e. The second-order valence-corrected chi connectivity index (χ2v) is 9.23. The number of rotatable bonds is 2. The van der Waals surface area contributed by atoms with Crippen molar-refractivity contribution in [2.75, 3.05) is 24.7 Å². The largest absolute Gasteiger partial charge is 0.381 e. The molecule has 0 aliphatic carbocycles. The second kappa shape index (κ2) is 8.56. The van der Waals surface area contributed by atoms with Crippen LogP contribution in [0.1, 0.15) is 51.6 Å². The van der Waals surface area contributed by atoms with Crippen LogP contribution in [0.3, 0.4) is 0 Å². The third-order valence-electron chi connectivity index (χ3n) is 6.99. The van der Waals surface area contributed by atoms with Crippen molar-refractivity contribution in [3.8, 4) is 0 Å². The molecule has 4 aromatic rings. The SMILES string of the molecule is Cc1ccc2c(c1)CCN2C(=O)c1cc2[nH]c(=O)c3cnc(C4CCCOC4)n3c2cc1C.Cl. The van der Waals surface area contributed by atoms with Gasteiger partial charge in [-0.2, -0.15) is 0 Å². The molecule has 2 aliphatic heterocycles. The van der Waals surface area contributed by atoms with E-state index in [4.69, 9.17) is 4.74 Å². The number of benzene rings is 2. The van der Waals surface area contributed by atoms with Crippen LogP contribution in [0.4, 0.5) is 5.69 Å². The highest BCUT2D eigenvalue weighted by molar-refractivity contribution is 6.09. The third kappa shape index (κ3) is 3.51. The van der Waals surface area contributed by atoms with Crippen LogP contribution in [-0.2, 0) is 11.2 Å². The fourth-order valence-electron chi connectivity index (χ4n) is 5.29. The van der Waals surface area contributed by atoms with Crippen LogP contribution in [0.15, 0.2) is 41.3 Å². The van der Waals surface area contributed by atoms with Gasteiger partial charge in [-0.25, -0.2) is 4.98 Å². The molecule has 1 unspecified atom stereocenters. The minimum Gasteiger partial charge on any atom is -0.381 e. The maximum atomic E-state index is 13.6. The molecule has 0 radical (unpaired) electrons. The zero-order chi connectivity index (χ0) is 22.7. The van der Waals surface area contributed by atoms with Gasteiger partial charge in [0.05, 0.1) is 23.8 Å². The Hall–Kier alpha value is -3.16. The molecule has 7 nitrogen and oxygen atoms in total. The molecule has 34 heavy (non-hydrogen) atoms. The van der Waals surface area contributed by atoms with Gasteiger partial charge in [-0.15, -0.1) is 12.4 Å². The monoisotopic (exact) mass is 478 g/mol. The second-order valence-electron chi connectivity index (χ2n) is 9.23. The van der Waals surface area contributed by atoms with Gasteiger partial charge < -0.3 is 14.6 Å². The van der Waals surface area contributed by atoms with Gasteiger partial charge in [0, 0.05) is 30.3 Å². The third-order valence-corrected chi connectivity index (χ3v) is 6.99. The number of nitrogens with zero attached hydrogens (tertiary/aromatic N) is 3. The summed E-state index contributed by atoms with van der Waals surface area (Å²) in [5.74, 6) is 0.963. The van der Waals surface area contributed by atoms with Crippen molar-refractivity contribution in [3.63, 3.8) is 0 Å². The molecule has 0 spiro atoms. The maximum Gasteiger partial charge on any atom is 0.274 e. The van der Waals surface area contributed by atoms with Crippen molar-refractivity contribution in [2.45, 2.75) is 39.0 Å². The average molecular weight is 479 g/mol. The van der Waals surface area contributed by atoms with Crippen LogP contribution in [0.25, 0.3) is 16.6 Å². The summed E-state index contributed by atoms with van der Waals surface area (Å²) in [5, 5.41) is 0. The number of amides is 1. The fourth-order valence-corrected chi connectivity index (χ4v) is 5.29. The van der Waals surface area contributed by atoms with Crippen molar-refractivity contribution < 1.29 is 9.53 Å². The topological polar surface area (TPSA) is 79.7 Å². The lowest BCUT2D eigenvalue weighted by atomic mass is 10.0. The number of aryl methyl sites for hydroxylation is 2. The number of aromatic nitrogens is 3. The first-order valence-corrected chi connectivity index (χ1v) is 11.5. The summed E-state index contributed by atoms with van der Waals surface area (Å²) in [6, 6.07) is 10.0. The number of hydrogen-bond acceptors (Lipinski definition) is 4. The summed E-state index contributed by atoms with van der Waals surface area (Å²) < 4.78 is 7.62. The Kier molecular flexibility index (Phi) is 5.70. The number of carbonyl (C=O) groups excluding carboxylic acids is 1. The van der Waals surface area contributed by atoms with E-state index in [9.17, 15) is 9.59 Å². The van der Waals surface area contributed by atoms with Gasteiger partial charge in [-0.1, -0.05) is 17.7 Å². The quantitative estimate of drug-likeness (QED) is 0.465. The lowest BCUT2D eigenvalue weighted by molar-refractivity contribution is 0.0780. The minimum atomic E-state index is -0.206. The summed E-state index contributed by atoms with van der Waals surface area (Å²) in [7, 11) is 0. The lowest BCUT2D eigenvalue weighted by Crippen LogP contribution is -2.29. The summed E-state index contributed by atoms with van der Waals surface area (Å²) in [4.78, 5) is 35.9. The van der Waals surface area contributed by atoms with Gasteiger partial charge in [0.2, 0.25) is 0 Å². The molecule has 1 N–H and O–H groups in total. The Bertz CT molecular complexity index is 1480. The summed E-state index contributed by atoms with van der Waals surface area (Å²) >= 11 is 0. The van der Waals surface area contributed by atoms with Crippen molar-refractivity contribution in [3.05, 3.63) is 75.0 Å². The van der Waals surface area contributed by atoms with Gasteiger partial charge in [-0.05, 0) is 62.4 Å². The normalized spacial score (nSPS) is 17.7. The Morgan fingerprint density at radius 2 is 2.03 bits per heavy atom. The van der Waals surface area contributed by atoms with E-state index in [2.05, 4.69) is 23.0 Å². The van der Waals surface area contributed by atoms with Gasteiger partial charge in [-0.3, -0.25) is 14.0 Å². The van der Waals surface area contributed by atoms with Crippen LogP contribution in [0.2, 0.25) is 0 Å². The summed E-state index contributed by atoms with van der Waals surface area (Å²) in [6.45, 7) is 6.06. The van der Waals surface area contributed by atoms with Crippen molar-refractivity contribution in [1.29, 1.82) is 0 Å². The number of hydrogen-bond donors (Lipinski definition) is 1. The number of halogens is 1. The number of imidazole rings is 1. The van der Waals surface area contributed by atoms with Crippen molar-refractivity contribution in [2.24, 2.45) is 0 Å². The Balaban J connectivity index is 0.00000241. The van der Waals surface area contributed by atoms with E-state index in [1.807, 2.05) is 40.5 Å². The molecule has 1 saturated heterocycles. The first-order chi connectivity index (χ1) is 16.0. The number of anilines is 1. The predicted molar refractivity (Wildman–Crippen MR) is 135 cm³/mol. The van der Waals surface area contributed by atoms with Gasteiger partial charge >= 0.3 is 0 Å². The summed E-state index contributed by atoms with van der Waals surface area (Å²) in [5.41, 5.74) is 6.67. The van der Waals surface area contributed by atoms with Crippen LogP contribution in [-0.4, -0.2) is 40.0 Å². The number of carbonyl (C=O) groups is 1. The molecule has 2 aliphatic rings. The Morgan fingerprint density at radius 1 is 1.18 bits per heavy atom. The lowest BCUT2D eigenvalue weighted by Gasteiger charge is -2.22. The van der Waals surface area contributed by atoms with E-state index in [-0.39, 0.29) is 29.8 Å². The molecule has 1 amide bonds. The number of ether oxygens (including phenoxy) is 1. The molecule has 4 heterocycles. The molecule has 2 aromatic heterocycles. The number of aromatic amines is 1. The first-order valence-electron chi connectivity index (χ1n) is 11.5. The minimum absolute atomic E-state index is 0. The van der Waals surface area contributed by atoms with Crippen molar-refractivity contribution >= 4 is 40.6 Å². The van der Waals surface area contributed by atoms with Crippen LogP contribution >= 0.6 is 12.4 Å². The zero-order valence-electron chi connectivity index (χ0n) is 19.3. The molecular weight excluding hydrogens is 452 g/mol. The molecule has 2 aromatic carbocycles. The fraction of sp³-hybridized carbons (Fsp3) is 0.346. The van der Waals surface area contributed by atoms with Crippen molar-refractivity contribution in [1.82, 2.24) is 14.4 Å². The number of fused-ring (bicyclic) bond motifs is 4. The van der Waals surface area contributed by atoms with E-state index in [0.717, 1.165) is 48.5 Å². The highest BCUT2D eigenvalue weighted by atomic mass is 35.5. The average Bonchev–Trinajstić information content (AvgIpc) is 3.44. The number of nitrogens with one attached hydrogen (secondary N) is 1. The molecule has 1 atom stereocenters. The molecule has 1 fully saturated rings. The van der Waals surface area contributed by atoms with E-state index < -0.39 is 0 Å². The standard InChI is InChI=1S/C26H26N4O3.ClH/c1-15-5-6-21-17(10-15)7-8-29(21)26(32)19-12-20-22(11-16(19)2)30-23(25(31)28-20)13-27-24(30)18-4-3-9-33-14-18;/h5-6,10-13,18H,3-4,7-9,14H2,1-2H3,(H,28,31);1H. The van der Waals surface area contributed by atoms with E-state index in [1.165, 1.54) is 11.1 Å². The van der Waals surface area contributed by atoms with Gasteiger partial charge in [0.25, 0.3) is 11.5 Å². The van der Waals surface area contributed by atoms with E-state index in [0.29, 0.717) is 29.7 Å².